The van der Waals surface area contributed by atoms with Gasteiger partial charge in [0.25, 0.3) is 5.91 Å². The zero-order valence-corrected chi connectivity index (χ0v) is 13.5. The number of thiophene rings is 1. The molecular formula is C15H16N6OS. The minimum Gasteiger partial charge on any atom is -0.327 e. The second-order valence-corrected chi connectivity index (χ2v) is 6.45. The van der Waals surface area contributed by atoms with Gasteiger partial charge in [0.05, 0.1) is 29.4 Å². The lowest BCUT2D eigenvalue weighted by Gasteiger charge is -2.34. The van der Waals surface area contributed by atoms with E-state index in [2.05, 4.69) is 19.6 Å². The Morgan fingerprint density at radius 2 is 2.35 bits per heavy atom. The summed E-state index contributed by atoms with van der Waals surface area (Å²) in [6, 6.07) is 3.74. The van der Waals surface area contributed by atoms with Crippen molar-refractivity contribution in [2.24, 2.45) is 0 Å². The molecular weight excluding hydrogens is 312 g/mol. The molecule has 0 N–H and O–H groups in total. The van der Waals surface area contributed by atoms with Gasteiger partial charge in [-0.15, -0.1) is 11.3 Å². The van der Waals surface area contributed by atoms with Gasteiger partial charge in [-0.25, -0.2) is 14.6 Å². The Balaban J connectivity index is 1.59. The number of hydrogen-bond acceptors (Lipinski definition) is 5. The molecule has 3 aromatic heterocycles. The first-order valence-corrected chi connectivity index (χ1v) is 8.33. The summed E-state index contributed by atoms with van der Waals surface area (Å²) in [6.07, 6.45) is 5.09. The molecule has 0 bridgehead atoms. The van der Waals surface area contributed by atoms with Crippen LogP contribution in [-0.2, 0) is 13.1 Å². The predicted octanol–water partition coefficient (Wildman–Crippen LogP) is 1.80. The summed E-state index contributed by atoms with van der Waals surface area (Å²) >= 11 is 1.48. The molecule has 0 fully saturated rings. The molecule has 4 rings (SSSR count). The highest BCUT2D eigenvalue weighted by molar-refractivity contribution is 7.12. The monoisotopic (exact) mass is 328 g/mol. The van der Waals surface area contributed by atoms with Crippen molar-refractivity contribution in [3.8, 4) is 0 Å². The van der Waals surface area contributed by atoms with Gasteiger partial charge in [-0.3, -0.25) is 4.79 Å². The van der Waals surface area contributed by atoms with E-state index < -0.39 is 0 Å². The fraction of sp³-hybridized carbons (Fsp3) is 0.333. The number of fused-ring (bicyclic) bond motifs is 1. The molecule has 4 heterocycles. The van der Waals surface area contributed by atoms with Crippen LogP contribution in [0.5, 0.6) is 0 Å². The van der Waals surface area contributed by atoms with Gasteiger partial charge >= 0.3 is 0 Å². The number of carbonyl (C=O) groups is 1. The van der Waals surface area contributed by atoms with Gasteiger partial charge in [0.1, 0.15) is 18.5 Å². The van der Waals surface area contributed by atoms with Gasteiger partial charge in [0.2, 0.25) is 0 Å². The molecule has 7 nitrogen and oxygen atoms in total. The van der Waals surface area contributed by atoms with Crippen molar-refractivity contribution in [1.82, 2.24) is 29.2 Å². The summed E-state index contributed by atoms with van der Waals surface area (Å²) in [5, 5.41) is 6.07. The maximum absolute atomic E-state index is 12.6. The lowest BCUT2D eigenvalue weighted by molar-refractivity contribution is 0.0641. The molecule has 8 heteroatoms. The van der Waals surface area contributed by atoms with E-state index in [1.807, 2.05) is 35.5 Å². The number of rotatable bonds is 3. The Hall–Kier alpha value is -2.48. The lowest BCUT2D eigenvalue weighted by atomic mass is 10.2. The van der Waals surface area contributed by atoms with Gasteiger partial charge in [-0.1, -0.05) is 6.07 Å². The third-order valence-electron chi connectivity index (χ3n) is 4.16. The summed E-state index contributed by atoms with van der Waals surface area (Å²) in [7, 11) is 0. The van der Waals surface area contributed by atoms with Gasteiger partial charge in [-0.05, 0) is 18.4 Å². The van der Waals surface area contributed by atoms with Gasteiger partial charge in [0, 0.05) is 13.1 Å². The molecule has 118 valence electrons. The van der Waals surface area contributed by atoms with E-state index in [0.717, 1.165) is 22.9 Å². The molecule has 23 heavy (non-hydrogen) atoms. The van der Waals surface area contributed by atoms with Crippen molar-refractivity contribution < 1.29 is 4.79 Å². The van der Waals surface area contributed by atoms with E-state index >= 15 is 0 Å². The molecule has 3 aromatic rings. The molecule has 1 atom stereocenters. The Kier molecular flexibility index (Phi) is 3.45. The molecule has 0 saturated heterocycles. The third kappa shape index (κ3) is 2.44. The molecule has 1 amide bonds. The van der Waals surface area contributed by atoms with Crippen molar-refractivity contribution >= 4 is 17.2 Å². The molecule has 0 spiro atoms. The fourth-order valence-corrected chi connectivity index (χ4v) is 3.66. The standard InChI is InChI=1S/C15H16N6OS/c1-11-14-17-7-12(8-19-10-16-9-18-19)21(14)5-4-20(11)15(22)13-3-2-6-23-13/h2-3,6-7,9-11H,4-5,8H2,1H3. The van der Waals surface area contributed by atoms with Crippen molar-refractivity contribution in [2.75, 3.05) is 6.54 Å². The Morgan fingerprint density at radius 1 is 1.43 bits per heavy atom. The topological polar surface area (TPSA) is 68.8 Å². The molecule has 0 aliphatic carbocycles. The van der Waals surface area contributed by atoms with Gasteiger partial charge in [0.15, 0.2) is 0 Å². The van der Waals surface area contributed by atoms with Crippen LogP contribution in [0, 0.1) is 0 Å². The highest BCUT2D eigenvalue weighted by atomic mass is 32.1. The van der Waals surface area contributed by atoms with Crippen LogP contribution in [0.15, 0.2) is 36.4 Å². The van der Waals surface area contributed by atoms with Crippen LogP contribution in [0.2, 0.25) is 0 Å². The Morgan fingerprint density at radius 3 is 3.09 bits per heavy atom. The first kappa shape index (κ1) is 14.1. The van der Waals surface area contributed by atoms with Crippen LogP contribution in [0.1, 0.15) is 34.2 Å². The van der Waals surface area contributed by atoms with Crippen LogP contribution < -0.4 is 0 Å². The first-order valence-electron chi connectivity index (χ1n) is 7.45. The van der Waals surface area contributed by atoms with E-state index in [-0.39, 0.29) is 11.9 Å². The third-order valence-corrected chi connectivity index (χ3v) is 5.02. The van der Waals surface area contributed by atoms with Crippen molar-refractivity contribution in [3.63, 3.8) is 0 Å². The van der Waals surface area contributed by atoms with E-state index in [4.69, 9.17) is 0 Å². The minimum atomic E-state index is -0.0390. The molecule has 1 aliphatic rings. The average Bonchev–Trinajstić information content (AvgIpc) is 3.30. The first-order chi connectivity index (χ1) is 11.2. The zero-order valence-electron chi connectivity index (χ0n) is 12.7. The largest absolute Gasteiger partial charge is 0.327 e. The van der Waals surface area contributed by atoms with Crippen molar-refractivity contribution in [2.45, 2.75) is 26.1 Å². The summed E-state index contributed by atoms with van der Waals surface area (Å²) in [6.45, 7) is 4.10. The summed E-state index contributed by atoms with van der Waals surface area (Å²) in [5.41, 5.74) is 1.08. The normalized spacial score (nSPS) is 17.3. The van der Waals surface area contributed by atoms with Gasteiger partial charge in [-0.2, -0.15) is 5.10 Å². The van der Waals surface area contributed by atoms with Crippen molar-refractivity contribution in [3.05, 3.63) is 52.8 Å². The van der Waals surface area contributed by atoms with Crippen LogP contribution >= 0.6 is 11.3 Å². The van der Waals surface area contributed by atoms with Crippen LogP contribution in [0.3, 0.4) is 0 Å². The molecule has 0 radical (unpaired) electrons. The van der Waals surface area contributed by atoms with Crippen molar-refractivity contribution in [1.29, 1.82) is 0 Å². The van der Waals surface area contributed by atoms with E-state index in [1.165, 1.54) is 17.7 Å². The van der Waals surface area contributed by atoms with E-state index in [0.29, 0.717) is 13.1 Å². The predicted molar refractivity (Wildman–Crippen MR) is 85.1 cm³/mol. The smallest absolute Gasteiger partial charge is 0.264 e. The number of aromatic nitrogens is 5. The fourth-order valence-electron chi connectivity index (χ4n) is 2.99. The SMILES string of the molecule is CC1c2ncc(Cn3cncn3)n2CCN1C(=O)c1cccs1. The zero-order chi connectivity index (χ0) is 15.8. The summed E-state index contributed by atoms with van der Waals surface area (Å²) in [4.78, 5) is 23.8. The maximum Gasteiger partial charge on any atom is 0.264 e. The average molecular weight is 328 g/mol. The molecule has 0 saturated carbocycles. The second kappa shape index (κ2) is 5.62. The second-order valence-electron chi connectivity index (χ2n) is 5.50. The highest BCUT2D eigenvalue weighted by Crippen LogP contribution is 2.28. The van der Waals surface area contributed by atoms with Crippen LogP contribution in [0.25, 0.3) is 0 Å². The highest BCUT2D eigenvalue weighted by Gasteiger charge is 2.31. The van der Waals surface area contributed by atoms with Crippen LogP contribution in [-0.4, -0.2) is 41.7 Å². The Bertz CT molecular complexity index is 807. The number of hydrogen-bond donors (Lipinski definition) is 0. The molecule has 1 unspecified atom stereocenters. The van der Waals surface area contributed by atoms with E-state index in [1.54, 1.807) is 11.0 Å². The number of carbonyl (C=O) groups excluding carboxylic acids is 1. The number of nitrogens with zero attached hydrogens (tertiary/aromatic N) is 6. The minimum absolute atomic E-state index is 0.0390. The van der Waals surface area contributed by atoms with E-state index in [9.17, 15) is 4.79 Å². The quantitative estimate of drug-likeness (QED) is 0.735. The molecule has 1 aliphatic heterocycles. The summed E-state index contributed by atoms with van der Waals surface area (Å²) < 4.78 is 3.96. The molecule has 0 aromatic carbocycles. The van der Waals surface area contributed by atoms with Crippen LogP contribution in [0.4, 0.5) is 0 Å². The number of imidazole rings is 1. The van der Waals surface area contributed by atoms with Gasteiger partial charge < -0.3 is 9.47 Å². The number of amides is 1. The Labute approximate surface area is 137 Å². The lowest BCUT2D eigenvalue weighted by Crippen LogP contribution is -2.41. The maximum atomic E-state index is 12.6. The summed E-state index contributed by atoms with van der Waals surface area (Å²) in [5.74, 6) is 1.01.